The maximum atomic E-state index is 12.0. The highest BCUT2D eigenvalue weighted by atomic mass is 16.5. The van der Waals surface area contributed by atoms with Gasteiger partial charge in [0.1, 0.15) is 0 Å². The summed E-state index contributed by atoms with van der Waals surface area (Å²) in [7, 11) is 2.30. The second-order valence-electron chi connectivity index (χ2n) is 10.3. The van der Waals surface area contributed by atoms with E-state index in [2.05, 4.69) is 25.8 Å². The van der Waals surface area contributed by atoms with Crippen molar-refractivity contribution >= 4 is 5.97 Å². The van der Waals surface area contributed by atoms with Crippen molar-refractivity contribution in [3.63, 3.8) is 0 Å². The Morgan fingerprint density at radius 3 is 2.13 bits per heavy atom. The fourth-order valence-electron chi connectivity index (χ4n) is 6.58. The van der Waals surface area contributed by atoms with Gasteiger partial charge >= 0.3 is 5.97 Å². The van der Waals surface area contributed by atoms with Crippen molar-refractivity contribution < 1.29 is 9.53 Å². The standard InChI is InChI=1S/C27H51NO2/c1-5-8-10-11-12-13-14-15-17-23-20-22(16-9-6-2)24-21-28(4)25(27(23)24)18-19-26(29)30-7-3/h22-25,27H,5-21H2,1-4H3. The van der Waals surface area contributed by atoms with E-state index in [1.807, 2.05) is 6.92 Å². The first-order valence-corrected chi connectivity index (χ1v) is 13.5. The highest BCUT2D eigenvalue weighted by molar-refractivity contribution is 5.69. The smallest absolute Gasteiger partial charge is 0.305 e. The van der Waals surface area contributed by atoms with E-state index in [9.17, 15) is 4.79 Å². The van der Waals surface area contributed by atoms with Gasteiger partial charge < -0.3 is 9.64 Å². The van der Waals surface area contributed by atoms with Crippen LogP contribution in [0.25, 0.3) is 0 Å². The van der Waals surface area contributed by atoms with Crippen LogP contribution >= 0.6 is 0 Å². The lowest BCUT2D eigenvalue weighted by molar-refractivity contribution is -0.143. The molecule has 2 rings (SSSR count). The fourth-order valence-corrected chi connectivity index (χ4v) is 6.58. The Morgan fingerprint density at radius 1 is 0.833 bits per heavy atom. The van der Waals surface area contributed by atoms with Crippen molar-refractivity contribution in [2.45, 2.75) is 123 Å². The van der Waals surface area contributed by atoms with Gasteiger partial charge in [0.2, 0.25) is 0 Å². The minimum atomic E-state index is -0.00509. The van der Waals surface area contributed by atoms with Crippen molar-refractivity contribution in [2.75, 3.05) is 20.2 Å². The average molecular weight is 422 g/mol. The SMILES string of the molecule is CCCCCCCCCCC1CC(CCCC)C2CN(C)C(CCC(=O)OCC)C12. The summed E-state index contributed by atoms with van der Waals surface area (Å²) in [5, 5.41) is 0. The number of nitrogens with zero attached hydrogens (tertiary/aromatic N) is 1. The van der Waals surface area contributed by atoms with Crippen molar-refractivity contribution in [2.24, 2.45) is 23.7 Å². The molecule has 0 N–H and O–H groups in total. The molecule has 1 aliphatic heterocycles. The van der Waals surface area contributed by atoms with E-state index in [4.69, 9.17) is 4.74 Å². The molecule has 0 bridgehead atoms. The molecule has 0 spiro atoms. The highest BCUT2D eigenvalue weighted by Crippen LogP contribution is 2.53. The molecule has 5 atom stereocenters. The Labute approximate surface area is 187 Å². The predicted molar refractivity (Wildman–Crippen MR) is 128 cm³/mol. The third-order valence-electron chi connectivity index (χ3n) is 8.07. The van der Waals surface area contributed by atoms with Gasteiger partial charge in [-0.25, -0.2) is 0 Å². The van der Waals surface area contributed by atoms with E-state index in [0.717, 1.165) is 30.1 Å². The molecule has 176 valence electrons. The molecule has 0 aromatic rings. The zero-order valence-corrected chi connectivity index (χ0v) is 20.7. The number of carbonyl (C=O) groups excluding carboxylic acids is 1. The number of hydrogen-bond donors (Lipinski definition) is 0. The molecule has 0 aromatic carbocycles. The first-order valence-electron chi connectivity index (χ1n) is 13.5. The summed E-state index contributed by atoms with van der Waals surface area (Å²) < 4.78 is 5.22. The summed E-state index contributed by atoms with van der Waals surface area (Å²) in [5.41, 5.74) is 0. The zero-order valence-electron chi connectivity index (χ0n) is 20.7. The lowest BCUT2D eigenvalue weighted by Gasteiger charge is -2.29. The molecule has 5 unspecified atom stereocenters. The maximum absolute atomic E-state index is 12.0. The van der Waals surface area contributed by atoms with Crippen LogP contribution in [0.2, 0.25) is 0 Å². The molecule has 0 aromatic heterocycles. The molecule has 1 saturated carbocycles. The lowest BCUT2D eigenvalue weighted by atomic mass is 9.81. The second kappa shape index (κ2) is 14.5. The van der Waals surface area contributed by atoms with E-state index < -0.39 is 0 Å². The van der Waals surface area contributed by atoms with Crippen LogP contribution in [0.15, 0.2) is 0 Å². The second-order valence-corrected chi connectivity index (χ2v) is 10.3. The number of likely N-dealkylation sites (tertiary alicyclic amines) is 1. The number of hydrogen-bond acceptors (Lipinski definition) is 3. The summed E-state index contributed by atoms with van der Waals surface area (Å²) >= 11 is 0. The number of esters is 1. The minimum absolute atomic E-state index is 0.00509. The largest absolute Gasteiger partial charge is 0.466 e. The van der Waals surface area contributed by atoms with Crippen LogP contribution < -0.4 is 0 Å². The first-order chi connectivity index (χ1) is 14.6. The van der Waals surface area contributed by atoms with Gasteiger partial charge in [-0.1, -0.05) is 90.9 Å². The molecule has 0 amide bonds. The Hall–Kier alpha value is -0.570. The quantitative estimate of drug-likeness (QED) is 0.194. The number of unbranched alkanes of at least 4 members (excludes halogenated alkanes) is 8. The summed E-state index contributed by atoms with van der Waals surface area (Å²) in [5.74, 6) is 3.48. The summed E-state index contributed by atoms with van der Waals surface area (Å²) in [6.07, 6.45) is 19.9. The summed E-state index contributed by atoms with van der Waals surface area (Å²) in [4.78, 5) is 14.6. The molecule has 2 fully saturated rings. The topological polar surface area (TPSA) is 29.5 Å². The molecule has 0 radical (unpaired) electrons. The maximum Gasteiger partial charge on any atom is 0.305 e. The van der Waals surface area contributed by atoms with Crippen LogP contribution in [0.5, 0.6) is 0 Å². The summed E-state index contributed by atoms with van der Waals surface area (Å²) in [6.45, 7) is 8.28. The van der Waals surface area contributed by atoms with Crippen LogP contribution in [-0.2, 0) is 9.53 Å². The highest BCUT2D eigenvalue weighted by Gasteiger charge is 2.51. The van der Waals surface area contributed by atoms with Crippen LogP contribution in [0.1, 0.15) is 117 Å². The van der Waals surface area contributed by atoms with E-state index >= 15 is 0 Å². The Morgan fingerprint density at radius 2 is 1.47 bits per heavy atom. The molecule has 30 heavy (non-hydrogen) atoms. The molecular weight excluding hydrogens is 370 g/mol. The zero-order chi connectivity index (χ0) is 21.8. The minimum Gasteiger partial charge on any atom is -0.466 e. The molecule has 1 aliphatic carbocycles. The Bertz CT molecular complexity index is 466. The first kappa shape index (κ1) is 25.7. The van der Waals surface area contributed by atoms with Crippen LogP contribution in [0, 0.1) is 23.7 Å². The third kappa shape index (κ3) is 7.84. The van der Waals surface area contributed by atoms with Gasteiger partial charge in [-0.3, -0.25) is 4.79 Å². The van der Waals surface area contributed by atoms with Gasteiger partial charge in [0.15, 0.2) is 0 Å². The number of fused-ring (bicyclic) bond motifs is 1. The number of carbonyl (C=O) groups is 1. The summed E-state index contributed by atoms with van der Waals surface area (Å²) in [6, 6.07) is 0.588. The van der Waals surface area contributed by atoms with Gasteiger partial charge in [0.05, 0.1) is 6.61 Å². The Kier molecular flexibility index (Phi) is 12.4. The van der Waals surface area contributed by atoms with Crippen molar-refractivity contribution in [1.82, 2.24) is 4.90 Å². The van der Waals surface area contributed by atoms with Gasteiger partial charge in [0.25, 0.3) is 0 Å². The van der Waals surface area contributed by atoms with Crippen molar-refractivity contribution in [3.05, 3.63) is 0 Å². The van der Waals surface area contributed by atoms with Crippen molar-refractivity contribution in [1.29, 1.82) is 0 Å². The van der Waals surface area contributed by atoms with Gasteiger partial charge in [-0.15, -0.1) is 0 Å². The number of rotatable bonds is 16. The van der Waals surface area contributed by atoms with Crippen LogP contribution in [0.3, 0.4) is 0 Å². The molecule has 1 saturated heterocycles. The van der Waals surface area contributed by atoms with Crippen LogP contribution in [0.4, 0.5) is 0 Å². The Balaban J connectivity index is 1.85. The third-order valence-corrected chi connectivity index (χ3v) is 8.07. The predicted octanol–water partition coefficient (Wildman–Crippen LogP) is 7.23. The van der Waals surface area contributed by atoms with E-state index in [-0.39, 0.29) is 5.97 Å². The van der Waals surface area contributed by atoms with Crippen molar-refractivity contribution in [3.8, 4) is 0 Å². The number of ether oxygens (including phenoxy) is 1. The molecular formula is C27H51NO2. The molecule has 3 heteroatoms. The van der Waals surface area contributed by atoms with E-state index in [1.54, 1.807) is 0 Å². The van der Waals surface area contributed by atoms with E-state index in [0.29, 0.717) is 19.1 Å². The van der Waals surface area contributed by atoms with Gasteiger partial charge in [-0.2, -0.15) is 0 Å². The van der Waals surface area contributed by atoms with Gasteiger partial charge in [-0.05, 0) is 50.5 Å². The average Bonchev–Trinajstić information content (AvgIpc) is 3.23. The lowest BCUT2D eigenvalue weighted by Crippen LogP contribution is -2.33. The van der Waals surface area contributed by atoms with Gasteiger partial charge in [0, 0.05) is 19.0 Å². The van der Waals surface area contributed by atoms with E-state index in [1.165, 1.54) is 90.0 Å². The molecule has 2 aliphatic rings. The molecule has 1 heterocycles. The monoisotopic (exact) mass is 421 g/mol. The normalized spacial score (nSPS) is 28.7. The molecule has 3 nitrogen and oxygen atoms in total. The van der Waals surface area contributed by atoms with Crippen LogP contribution in [-0.4, -0.2) is 37.1 Å². The fraction of sp³-hybridized carbons (Fsp3) is 0.963.